The van der Waals surface area contributed by atoms with Crippen LogP contribution in [0.1, 0.15) is 108 Å². The lowest BCUT2D eigenvalue weighted by atomic mass is 9.63. The first-order valence-corrected chi connectivity index (χ1v) is 16.7. The number of aliphatic hydroxyl groups excluding tert-OH is 2. The Morgan fingerprint density at radius 3 is 2.09 bits per heavy atom. The molecule has 0 radical (unpaired) electrons. The Kier molecular flexibility index (Phi) is 11.8. The molecule has 2 aliphatic carbocycles. The highest BCUT2D eigenvalue weighted by Crippen LogP contribution is 2.66. The van der Waals surface area contributed by atoms with Gasteiger partial charge in [0.15, 0.2) is 0 Å². The van der Waals surface area contributed by atoms with Gasteiger partial charge in [-0.25, -0.2) is 0 Å². The van der Waals surface area contributed by atoms with Gasteiger partial charge in [-0.1, -0.05) is 134 Å². The molecule has 3 heteroatoms. The molecule has 2 fully saturated rings. The van der Waals surface area contributed by atoms with Crippen LogP contribution in [0.2, 0.25) is 0 Å². The topological polar surface area (TPSA) is 53.0 Å². The molecule has 3 nitrogen and oxygen atoms in total. The number of epoxide rings is 1. The lowest BCUT2D eigenvalue weighted by molar-refractivity contribution is 0.0514. The SMILES string of the molecule is CC1=C(C#CC(C)C/C=C/C(C)/C=C/C=C/C(C)C/C=C/C(C)/C=C/[C@@]23O[C@]2(C)C[C@@H](O)CC3(C)C)C(C)(C)C[C@H](O)C1. The minimum absolute atomic E-state index is 0.0479. The molecule has 0 bridgehead atoms. The molecule has 4 unspecified atom stereocenters. The Bertz CT molecular complexity index is 1200. The molecule has 3 rings (SSSR count). The van der Waals surface area contributed by atoms with Crippen molar-refractivity contribution in [1.82, 2.24) is 0 Å². The summed E-state index contributed by atoms with van der Waals surface area (Å²) >= 11 is 0. The normalized spacial score (nSPS) is 33.2. The molecule has 1 saturated carbocycles. The van der Waals surface area contributed by atoms with E-state index in [9.17, 15) is 10.2 Å². The third-order valence-electron chi connectivity index (χ3n) is 9.82. The van der Waals surface area contributed by atoms with Gasteiger partial charge >= 0.3 is 0 Å². The fourth-order valence-electron chi connectivity index (χ4n) is 7.39. The molecular weight excluding hydrogens is 528 g/mol. The quantitative estimate of drug-likeness (QED) is 0.109. The zero-order valence-electron chi connectivity index (χ0n) is 28.8. The van der Waals surface area contributed by atoms with E-state index in [0.717, 1.165) is 38.5 Å². The van der Waals surface area contributed by atoms with E-state index in [2.05, 4.69) is 142 Å². The minimum Gasteiger partial charge on any atom is -0.393 e. The van der Waals surface area contributed by atoms with Crippen LogP contribution in [0.4, 0.5) is 0 Å². The summed E-state index contributed by atoms with van der Waals surface area (Å²) in [6.07, 6.45) is 27.0. The average Bonchev–Trinajstić information content (AvgIpc) is 3.49. The highest BCUT2D eigenvalue weighted by molar-refractivity contribution is 5.40. The van der Waals surface area contributed by atoms with Crippen LogP contribution in [0.15, 0.2) is 71.9 Å². The molecule has 0 amide bonds. The van der Waals surface area contributed by atoms with Gasteiger partial charge in [-0.15, -0.1) is 0 Å². The number of hydrogen-bond donors (Lipinski definition) is 2. The molecule has 2 N–H and O–H groups in total. The maximum absolute atomic E-state index is 10.3. The molecule has 3 aliphatic rings. The van der Waals surface area contributed by atoms with Crippen molar-refractivity contribution in [2.45, 2.75) is 131 Å². The maximum atomic E-state index is 10.3. The van der Waals surface area contributed by atoms with E-state index < -0.39 is 0 Å². The maximum Gasteiger partial charge on any atom is 0.121 e. The van der Waals surface area contributed by atoms with Crippen molar-refractivity contribution < 1.29 is 14.9 Å². The summed E-state index contributed by atoms with van der Waals surface area (Å²) in [4.78, 5) is 0. The van der Waals surface area contributed by atoms with Gasteiger partial charge in [-0.2, -0.15) is 0 Å². The second kappa shape index (κ2) is 14.3. The zero-order valence-corrected chi connectivity index (χ0v) is 28.8. The summed E-state index contributed by atoms with van der Waals surface area (Å²) < 4.78 is 6.27. The van der Waals surface area contributed by atoms with Crippen molar-refractivity contribution in [3.8, 4) is 11.8 Å². The third kappa shape index (κ3) is 9.20. The fraction of sp³-hybridized carbons (Fsp3) is 0.650. The van der Waals surface area contributed by atoms with Crippen LogP contribution < -0.4 is 0 Å². The molecule has 238 valence electrons. The second-order valence-electron chi connectivity index (χ2n) is 15.4. The summed E-state index contributed by atoms with van der Waals surface area (Å²) in [5.74, 6) is 8.42. The number of hydrogen-bond acceptors (Lipinski definition) is 3. The largest absolute Gasteiger partial charge is 0.393 e. The van der Waals surface area contributed by atoms with Crippen molar-refractivity contribution in [3.05, 3.63) is 71.9 Å². The highest BCUT2D eigenvalue weighted by Gasteiger charge is 2.74. The number of allylic oxidation sites excluding steroid dienone is 10. The van der Waals surface area contributed by atoms with E-state index in [0.29, 0.717) is 23.7 Å². The molecule has 1 heterocycles. The van der Waals surface area contributed by atoms with Crippen molar-refractivity contribution >= 4 is 0 Å². The Hall–Kier alpha value is -2.12. The smallest absolute Gasteiger partial charge is 0.121 e. The summed E-state index contributed by atoms with van der Waals surface area (Å²) in [5, 5.41) is 20.4. The molecule has 1 aliphatic heterocycles. The summed E-state index contributed by atoms with van der Waals surface area (Å²) in [6, 6.07) is 0. The van der Waals surface area contributed by atoms with E-state index in [1.807, 2.05) is 0 Å². The van der Waals surface area contributed by atoms with Gasteiger partial charge in [0.05, 0.1) is 12.2 Å². The predicted molar refractivity (Wildman–Crippen MR) is 182 cm³/mol. The van der Waals surface area contributed by atoms with Crippen LogP contribution in [0, 0.1) is 46.3 Å². The van der Waals surface area contributed by atoms with Gasteiger partial charge in [0, 0.05) is 28.7 Å². The molecule has 1 saturated heterocycles. The fourth-order valence-corrected chi connectivity index (χ4v) is 7.39. The molecule has 0 aromatic carbocycles. The van der Waals surface area contributed by atoms with Crippen LogP contribution in [0.3, 0.4) is 0 Å². The van der Waals surface area contributed by atoms with Crippen molar-refractivity contribution in [3.63, 3.8) is 0 Å². The van der Waals surface area contributed by atoms with E-state index in [4.69, 9.17) is 4.74 Å². The van der Waals surface area contributed by atoms with Crippen LogP contribution >= 0.6 is 0 Å². The number of ether oxygens (including phenoxy) is 1. The molecular formula is C40H60O3. The van der Waals surface area contributed by atoms with Gasteiger partial charge in [0.1, 0.15) is 11.2 Å². The minimum atomic E-state index is -0.274. The monoisotopic (exact) mass is 588 g/mol. The first-order valence-electron chi connectivity index (χ1n) is 16.7. The van der Waals surface area contributed by atoms with Gasteiger partial charge in [0.25, 0.3) is 0 Å². The summed E-state index contributed by atoms with van der Waals surface area (Å²) in [6.45, 7) is 22.0. The van der Waals surface area contributed by atoms with Crippen LogP contribution in [0.5, 0.6) is 0 Å². The Labute approximate surface area is 264 Å². The van der Waals surface area contributed by atoms with Crippen LogP contribution in [-0.4, -0.2) is 33.6 Å². The third-order valence-corrected chi connectivity index (χ3v) is 9.82. The van der Waals surface area contributed by atoms with E-state index in [1.54, 1.807) is 0 Å². The van der Waals surface area contributed by atoms with E-state index >= 15 is 0 Å². The number of aliphatic hydroxyl groups is 2. The molecule has 0 spiro atoms. The van der Waals surface area contributed by atoms with Crippen LogP contribution in [0.25, 0.3) is 0 Å². The first kappa shape index (κ1) is 35.4. The van der Waals surface area contributed by atoms with Crippen LogP contribution in [-0.2, 0) is 4.74 Å². The van der Waals surface area contributed by atoms with Gasteiger partial charge < -0.3 is 14.9 Å². The average molecular weight is 589 g/mol. The molecule has 0 aromatic rings. The lowest BCUT2D eigenvalue weighted by Crippen LogP contribution is -2.46. The zero-order chi connectivity index (χ0) is 32.1. The summed E-state index contributed by atoms with van der Waals surface area (Å²) in [7, 11) is 0. The van der Waals surface area contributed by atoms with Crippen molar-refractivity contribution in [2.75, 3.05) is 0 Å². The standard InChI is InChI=1S/C40H60O3/c1-29(17-13-19-31(3)21-22-36-33(5)25-34(41)26-37(36,6)7)15-11-12-16-30(2)18-14-20-32(4)23-24-40-38(8,9)27-35(42)28-39(40,10)43-40/h11-17,20,23-24,29-32,34-35,41-42H,18-19,25-28H2,1-10H3/b15-11+,16-12+,17-13+,20-14+,24-23+/t29?,30?,31?,32?,34-,35+,39-,40+/m1/s1. The first-order chi connectivity index (χ1) is 20.0. The van der Waals surface area contributed by atoms with Gasteiger partial charge in [-0.3, -0.25) is 0 Å². The van der Waals surface area contributed by atoms with Crippen molar-refractivity contribution in [1.29, 1.82) is 0 Å². The number of fused-ring (bicyclic) bond motifs is 1. The predicted octanol–water partition coefficient (Wildman–Crippen LogP) is 9.30. The number of rotatable bonds is 11. The Morgan fingerprint density at radius 2 is 1.44 bits per heavy atom. The van der Waals surface area contributed by atoms with Gasteiger partial charge in [0.2, 0.25) is 0 Å². The van der Waals surface area contributed by atoms with Crippen molar-refractivity contribution in [2.24, 2.45) is 34.5 Å². The summed E-state index contributed by atoms with van der Waals surface area (Å²) in [5.41, 5.74) is 1.85. The van der Waals surface area contributed by atoms with E-state index in [-0.39, 0.29) is 34.2 Å². The Morgan fingerprint density at radius 1 is 0.814 bits per heavy atom. The molecule has 43 heavy (non-hydrogen) atoms. The van der Waals surface area contributed by atoms with E-state index in [1.165, 1.54) is 11.1 Å². The van der Waals surface area contributed by atoms with Gasteiger partial charge in [-0.05, 0) is 63.7 Å². The highest BCUT2D eigenvalue weighted by atomic mass is 16.6. The second-order valence-corrected chi connectivity index (χ2v) is 15.4. The Balaban J connectivity index is 1.39. The molecule has 8 atom stereocenters. The molecule has 0 aromatic heterocycles. The lowest BCUT2D eigenvalue weighted by Gasteiger charge is -2.39.